The van der Waals surface area contributed by atoms with Gasteiger partial charge in [-0.25, -0.2) is 5.43 Å². The van der Waals surface area contributed by atoms with Crippen LogP contribution in [0.3, 0.4) is 0 Å². The van der Waals surface area contributed by atoms with Crippen LogP contribution in [0.4, 0.5) is 11.4 Å². The van der Waals surface area contributed by atoms with Gasteiger partial charge in [-0.1, -0.05) is 34.8 Å². The molecule has 0 saturated heterocycles. The zero-order chi connectivity index (χ0) is 19.3. The highest BCUT2D eigenvalue weighted by molar-refractivity contribution is 6.43. The van der Waals surface area contributed by atoms with Gasteiger partial charge in [0.05, 0.1) is 21.2 Å². The van der Waals surface area contributed by atoms with Crippen LogP contribution in [0, 0.1) is 10.1 Å². The average Bonchev–Trinajstić information content (AvgIpc) is 2.59. The summed E-state index contributed by atoms with van der Waals surface area (Å²) in [6.45, 7) is 0. The number of nitro groups is 1. The zero-order valence-electron chi connectivity index (χ0n) is 12.7. The largest absolute Gasteiger partial charge is 0.329 e. The summed E-state index contributed by atoms with van der Waals surface area (Å²) in [4.78, 5) is 33.6. The highest BCUT2D eigenvalue weighted by Crippen LogP contribution is 2.25. The number of hydrazone groups is 1. The lowest BCUT2D eigenvalue weighted by Crippen LogP contribution is -2.32. The summed E-state index contributed by atoms with van der Waals surface area (Å²) in [5.41, 5.74) is 2.26. The molecule has 2 aromatic rings. The topological polar surface area (TPSA) is 114 Å². The number of hydrogen-bond donors (Lipinski definition) is 2. The van der Waals surface area contributed by atoms with Crippen molar-refractivity contribution in [3.8, 4) is 0 Å². The molecule has 0 aliphatic rings. The number of carbonyl (C=O) groups excluding carboxylic acids is 2. The second-order valence-electron chi connectivity index (χ2n) is 4.75. The number of benzene rings is 2. The van der Waals surface area contributed by atoms with Crippen LogP contribution in [0.1, 0.15) is 5.56 Å². The SMILES string of the molecule is O=C(N/N=C/c1cc([N+](=O)[O-])ccc1Cl)C(=O)Nc1ccc(Cl)c(Cl)c1. The summed E-state index contributed by atoms with van der Waals surface area (Å²) >= 11 is 17.4. The lowest BCUT2D eigenvalue weighted by atomic mass is 10.2. The maximum absolute atomic E-state index is 11.8. The maximum Gasteiger partial charge on any atom is 0.329 e. The fourth-order valence-electron chi connectivity index (χ4n) is 1.72. The highest BCUT2D eigenvalue weighted by Gasteiger charge is 2.14. The van der Waals surface area contributed by atoms with Gasteiger partial charge in [0.2, 0.25) is 0 Å². The van der Waals surface area contributed by atoms with E-state index in [0.717, 1.165) is 6.21 Å². The average molecular weight is 416 g/mol. The van der Waals surface area contributed by atoms with E-state index in [2.05, 4.69) is 10.4 Å². The first-order chi connectivity index (χ1) is 12.3. The van der Waals surface area contributed by atoms with Crippen LogP contribution in [-0.2, 0) is 9.59 Å². The second kappa shape index (κ2) is 8.61. The number of rotatable bonds is 4. The molecule has 2 rings (SSSR count). The van der Waals surface area contributed by atoms with Gasteiger partial charge in [-0.15, -0.1) is 0 Å². The van der Waals surface area contributed by atoms with Crippen molar-refractivity contribution < 1.29 is 14.5 Å². The van der Waals surface area contributed by atoms with Crippen LogP contribution in [-0.4, -0.2) is 23.0 Å². The van der Waals surface area contributed by atoms with Gasteiger partial charge in [0.1, 0.15) is 0 Å². The van der Waals surface area contributed by atoms with E-state index in [9.17, 15) is 19.7 Å². The Kier molecular flexibility index (Phi) is 6.51. The quantitative estimate of drug-likeness (QED) is 0.343. The van der Waals surface area contributed by atoms with Crippen molar-refractivity contribution >= 4 is 64.2 Å². The molecule has 26 heavy (non-hydrogen) atoms. The van der Waals surface area contributed by atoms with E-state index in [1.54, 1.807) is 0 Å². The number of nitro benzene ring substituents is 1. The molecule has 0 atom stereocenters. The van der Waals surface area contributed by atoms with Gasteiger partial charge in [-0.05, 0) is 24.3 Å². The Morgan fingerprint density at radius 2 is 1.69 bits per heavy atom. The van der Waals surface area contributed by atoms with Crippen molar-refractivity contribution in [3.05, 3.63) is 67.1 Å². The predicted octanol–water partition coefficient (Wildman–Crippen LogP) is 3.64. The first-order valence-electron chi connectivity index (χ1n) is 6.81. The van der Waals surface area contributed by atoms with E-state index in [1.165, 1.54) is 36.4 Å². The van der Waals surface area contributed by atoms with E-state index >= 15 is 0 Å². The van der Waals surface area contributed by atoms with Crippen molar-refractivity contribution in [2.45, 2.75) is 0 Å². The molecule has 134 valence electrons. The lowest BCUT2D eigenvalue weighted by molar-refractivity contribution is -0.384. The molecule has 0 aliphatic carbocycles. The molecule has 2 amide bonds. The number of carbonyl (C=O) groups is 2. The first-order valence-corrected chi connectivity index (χ1v) is 7.94. The number of nitrogens with one attached hydrogen (secondary N) is 2. The van der Waals surface area contributed by atoms with Gasteiger partial charge in [0, 0.05) is 28.4 Å². The smallest absolute Gasteiger partial charge is 0.318 e. The number of non-ortho nitro benzene ring substituents is 1. The molecule has 0 spiro atoms. The molecule has 0 aliphatic heterocycles. The highest BCUT2D eigenvalue weighted by atomic mass is 35.5. The minimum absolute atomic E-state index is 0.189. The fraction of sp³-hybridized carbons (Fsp3) is 0. The minimum Gasteiger partial charge on any atom is -0.318 e. The summed E-state index contributed by atoms with van der Waals surface area (Å²) in [6, 6.07) is 8.02. The van der Waals surface area contributed by atoms with Crippen LogP contribution >= 0.6 is 34.8 Å². The maximum atomic E-state index is 11.8. The van der Waals surface area contributed by atoms with Gasteiger partial charge < -0.3 is 5.32 Å². The van der Waals surface area contributed by atoms with E-state index in [-0.39, 0.29) is 27.0 Å². The number of halogens is 3. The molecule has 8 nitrogen and oxygen atoms in total. The number of amides is 2. The van der Waals surface area contributed by atoms with Gasteiger partial charge >= 0.3 is 11.8 Å². The number of anilines is 1. The molecule has 0 fully saturated rings. The van der Waals surface area contributed by atoms with E-state index in [1.807, 2.05) is 5.43 Å². The third-order valence-electron chi connectivity index (χ3n) is 2.94. The summed E-state index contributed by atoms with van der Waals surface area (Å²) in [6.07, 6.45) is 1.08. The van der Waals surface area contributed by atoms with Crippen LogP contribution in [0.5, 0.6) is 0 Å². The molecule has 0 radical (unpaired) electrons. The molecule has 0 saturated carbocycles. The molecular weight excluding hydrogens is 407 g/mol. The number of nitrogens with zero attached hydrogens (tertiary/aromatic N) is 2. The van der Waals surface area contributed by atoms with E-state index < -0.39 is 16.7 Å². The molecule has 0 bridgehead atoms. The molecule has 11 heteroatoms. The Balaban J connectivity index is 2.00. The van der Waals surface area contributed by atoms with E-state index in [0.29, 0.717) is 5.02 Å². The molecule has 0 unspecified atom stereocenters. The molecule has 0 heterocycles. The third-order valence-corrected chi connectivity index (χ3v) is 4.03. The molecular formula is C15H9Cl3N4O4. The van der Waals surface area contributed by atoms with Crippen molar-refractivity contribution in [2.24, 2.45) is 5.10 Å². The van der Waals surface area contributed by atoms with Crippen LogP contribution in [0.15, 0.2) is 41.5 Å². The lowest BCUT2D eigenvalue weighted by Gasteiger charge is -2.05. The van der Waals surface area contributed by atoms with Crippen LogP contribution in [0.2, 0.25) is 15.1 Å². The Bertz CT molecular complexity index is 918. The summed E-state index contributed by atoms with van der Waals surface area (Å²) in [7, 11) is 0. The number of hydrogen-bond acceptors (Lipinski definition) is 5. The van der Waals surface area contributed by atoms with Crippen LogP contribution in [0.25, 0.3) is 0 Å². The fourth-order valence-corrected chi connectivity index (χ4v) is 2.18. The second-order valence-corrected chi connectivity index (χ2v) is 5.97. The van der Waals surface area contributed by atoms with Crippen molar-refractivity contribution in [1.29, 1.82) is 0 Å². The van der Waals surface area contributed by atoms with Gasteiger partial charge in [0.25, 0.3) is 5.69 Å². The molecule has 2 N–H and O–H groups in total. The summed E-state index contributed by atoms with van der Waals surface area (Å²) in [5, 5.41) is 17.3. The van der Waals surface area contributed by atoms with Gasteiger partial charge in [-0.3, -0.25) is 19.7 Å². The Labute approximate surface area is 161 Å². The first kappa shape index (κ1) is 19.6. The Morgan fingerprint density at radius 1 is 1.00 bits per heavy atom. The van der Waals surface area contributed by atoms with Crippen molar-refractivity contribution in [1.82, 2.24) is 5.43 Å². The Hall–Kier alpha value is -2.68. The normalized spacial score (nSPS) is 10.6. The summed E-state index contributed by atoms with van der Waals surface area (Å²) in [5.74, 6) is -2.06. The van der Waals surface area contributed by atoms with Crippen molar-refractivity contribution in [2.75, 3.05) is 5.32 Å². The van der Waals surface area contributed by atoms with Gasteiger partial charge in [-0.2, -0.15) is 5.10 Å². The monoisotopic (exact) mass is 414 g/mol. The molecule has 0 aromatic heterocycles. The molecule has 2 aromatic carbocycles. The zero-order valence-corrected chi connectivity index (χ0v) is 15.0. The van der Waals surface area contributed by atoms with Crippen molar-refractivity contribution in [3.63, 3.8) is 0 Å². The standard InChI is InChI=1S/C15H9Cl3N4O4/c16-11-4-2-10(22(25)26)5-8(11)7-19-21-15(24)14(23)20-9-1-3-12(17)13(18)6-9/h1-7H,(H,20,23)(H,21,24)/b19-7+. The predicted molar refractivity (Wildman–Crippen MR) is 98.9 cm³/mol. The minimum atomic E-state index is -1.06. The Morgan fingerprint density at radius 3 is 2.35 bits per heavy atom. The third kappa shape index (κ3) is 5.16. The van der Waals surface area contributed by atoms with E-state index in [4.69, 9.17) is 34.8 Å². The van der Waals surface area contributed by atoms with Crippen LogP contribution < -0.4 is 10.7 Å². The summed E-state index contributed by atoms with van der Waals surface area (Å²) < 4.78 is 0. The van der Waals surface area contributed by atoms with Gasteiger partial charge in [0.15, 0.2) is 0 Å².